The van der Waals surface area contributed by atoms with Gasteiger partial charge in [0.15, 0.2) is 0 Å². The molecule has 2 aliphatic carbocycles. The van der Waals surface area contributed by atoms with Crippen molar-refractivity contribution in [1.82, 2.24) is 0 Å². The summed E-state index contributed by atoms with van der Waals surface area (Å²) in [5.41, 5.74) is 0.140. The van der Waals surface area contributed by atoms with Crippen LogP contribution in [0.3, 0.4) is 0 Å². The van der Waals surface area contributed by atoms with Crippen LogP contribution in [0.15, 0.2) is 0 Å². The summed E-state index contributed by atoms with van der Waals surface area (Å²) in [6, 6.07) is 0. The monoisotopic (exact) mass is 194 g/mol. The second-order valence-corrected chi connectivity index (χ2v) is 5.10. The molecule has 0 aromatic carbocycles. The number of fused-ring (bicyclic) bond motifs is 1. The fourth-order valence-electron chi connectivity index (χ4n) is 3.07. The van der Waals surface area contributed by atoms with Gasteiger partial charge in [0.25, 0.3) is 0 Å². The van der Waals surface area contributed by atoms with Crippen LogP contribution < -0.4 is 0 Å². The Balaban J connectivity index is 2.21. The lowest BCUT2D eigenvalue weighted by Gasteiger charge is -2.39. The van der Waals surface area contributed by atoms with E-state index < -0.39 is 0 Å². The summed E-state index contributed by atoms with van der Waals surface area (Å²) in [6.45, 7) is 2.20. The van der Waals surface area contributed by atoms with Crippen molar-refractivity contribution in [3.8, 4) is 0 Å². The SMILES string of the molecule is C[C@@]12CCCC(=O)C1CCC(=O)CC2. The Morgan fingerprint density at radius 1 is 1.14 bits per heavy atom. The normalized spacial score (nSPS) is 39.1. The zero-order valence-electron chi connectivity index (χ0n) is 8.84. The fourth-order valence-corrected chi connectivity index (χ4v) is 3.07. The average Bonchev–Trinajstić information content (AvgIpc) is 2.28. The lowest BCUT2D eigenvalue weighted by Crippen LogP contribution is -2.36. The third kappa shape index (κ3) is 1.62. The maximum absolute atomic E-state index is 11.8. The van der Waals surface area contributed by atoms with Crippen molar-refractivity contribution in [2.24, 2.45) is 11.3 Å². The molecule has 0 bridgehead atoms. The molecule has 0 aromatic heterocycles. The van der Waals surface area contributed by atoms with Gasteiger partial charge in [-0.1, -0.05) is 6.92 Å². The predicted octanol–water partition coefficient (Wildman–Crippen LogP) is 2.51. The molecule has 2 heteroatoms. The summed E-state index contributed by atoms with van der Waals surface area (Å²) in [5, 5.41) is 0. The van der Waals surface area contributed by atoms with Gasteiger partial charge in [-0.2, -0.15) is 0 Å². The quantitative estimate of drug-likeness (QED) is 0.593. The van der Waals surface area contributed by atoms with Gasteiger partial charge in [0.05, 0.1) is 0 Å². The van der Waals surface area contributed by atoms with Crippen molar-refractivity contribution >= 4 is 11.6 Å². The first kappa shape index (κ1) is 9.88. The minimum absolute atomic E-state index is 0.140. The van der Waals surface area contributed by atoms with Gasteiger partial charge < -0.3 is 0 Å². The van der Waals surface area contributed by atoms with E-state index in [9.17, 15) is 9.59 Å². The summed E-state index contributed by atoms with van der Waals surface area (Å²) in [6.07, 6.45) is 5.98. The first-order valence-electron chi connectivity index (χ1n) is 5.66. The first-order valence-corrected chi connectivity index (χ1v) is 5.66. The maximum atomic E-state index is 11.8. The summed E-state index contributed by atoms with van der Waals surface area (Å²) >= 11 is 0. The molecule has 2 saturated carbocycles. The second-order valence-electron chi connectivity index (χ2n) is 5.10. The van der Waals surface area contributed by atoms with Crippen molar-refractivity contribution in [3.05, 3.63) is 0 Å². The summed E-state index contributed by atoms with van der Waals surface area (Å²) in [4.78, 5) is 23.1. The molecule has 2 nitrogen and oxygen atoms in total. The Morgan fingerprint density at radius 2 is 1.93 bits per heavy atom. The Bertz CT molecular complexity index is 269. The van der Waals surface area contributed by atoms with Crippen molar-refractivity contribution < 1.29 is 9.59 Å². The van der Waals surface area contributed by atoms with Gasteiger partial charge >= 0.3 is 0 Å². The van der Waals surface area contributed by atoms with Crippen LogP contribution in [0.4, 0.5) is 0 Å². The first-order chi connectivity index (χ1) is 6.62. The van der Waals surface area contributed by atoms with Gasteiger partial charge in [-0.3, -0.25) is 9.59 Å². The van der Waals surface area contributed by atoms with Crippen LogP contribution in [0.25, 0.3) is 0 Å². The van der Waals surface area contributed by atoms with E-state index in [1.165, 1.54) is 0 Å². The molecular weight excluding hydrogens is 176 g/mol. The van der Waals surface area contributed by atoms with Crippen molar-refractivity contribution in [1.29, 1.82) is 0 Å². The number of Topliss-reactive ketones (excluding diaryl/α,β-unsaturated/α-hetero) is 2. The van der Waals surface area contributed by atoms with Crippen LogP contribution in [-0.4, -0.2) is 11.6 Å². The number of hydrogen-bond acceptors (Lipinski definition) is 2. The molecule has 2 aliphatic rings. The molecule has 0 heterocycles. The van der Waals surface area contributed by atoms with E-state index in [1.807, 2.05) is 0 Å². The molecule has 2 atom stereocenters. The van der Waals surface area contributed by atoms with E-state index in [1.54, 1.807) is 0 Å². The predicted molar refractivity (Wildman–Crippen MR) is 53.9 cm³/mol. The summed E-state index contributed by atoms with van der Waals surface area (Å²) < 4.78 is 0. The Morgan fingerprint density at radius 3 is 2.71 bits per heavy atom. The highest BCUT2D eigenvalue weighted by molar-refractivity contribution is 5.85. The molecule has 0 aliphatic heterocycles. The minimum atomic E-state index is 0.140. The van der Waals surface area contributed by atoms with E-state index in [2.05, 4.69) is 6.92 Å². The number of carbonyl (C=O) groups excluding carboxylic acids is 2. The third-order valence-electron chi connectivity index (χ3n) is 4.09. The van der Waals surface area contributed by atoms with E-state index in [0.717, 1.165) is 32.1 Å². The summed E-state index contributed by atoms with van der Waals surface area (Å²) in [5.74, 6) is 0.949. The van der Waals surface area contributed by atoms with Crippen molar-refractivity contribution in [2.75, 3.05) is 0 Å². The molecule has 78 valence electrons. The van der Waals surface area contributed by atoms with Crippen LogP contribution in [-0.2, 0) is 9.59 Å². The summed E-state index contributed by atoms with van der Waals surface area (Å²) in [7, 11) is 0. The molecule has 0 saturated heterocycles. The van der Waals surface area contributed by atoms with Gasteiger partial charge in [0, 0.05) is 25.2 Å². The van der Waals surface area contributed by atoms with Crippen LogP contribution >= 0.6 is 0 Å². The molecule has 1 unspecified atom stereocenters. The van der Waals surface area contributed by atoms with Crippen LogP contribution in [0.5, 0.6) is 0 Å². The molecule has 0 amide bonds. The molecule has 0 spiro atoms. The molecule has 0 N–H and O–H groups in total. The van der Waals surface area contributed by atoms with Gasteiger partial charge in [-0.15, -0.1) is 0 Å². The molecule has 2 fully saturated rings. The van der Waals surface area contributed by atoms with E-state index in [0.29, 0.717) is 24.4 Å². The van der Waals surface area contributed by atoms with E-state index in [-0.39, 0.29) is 11.3 Å². The lowest BCUT2D eigenvalue weighted by molar-refractivity contribution is -0.130. The number of carbonyl (C=O) groups is 2. The third-order valence-corrected chi connectivity index (χ3v) is 4.09. The molecule has 14 heavy (non-hydrogen) atoms. The largest absolute Gasteiger partial charge is 0.300 e. The van der Waals surface area contributed by atoms with Crippen molar-refractivity contribution in [3.63, 3.8) is 0 Å². The highest BCUT2D eigenvalue weighted by atomic mass is 16.1. The van der Waals surface area contributed by atoms with Crippen LogP contribution in [0.1, 0.15) is 51.9 Å². The molecule has 0 aromatic rings. The maximum Gasteiger partial charge on any atom is 0.136 e. The second kappa shape index (κ2) is 3.48. The van der Waals surface area contributed by atoms with E-state index >= 15 is 0 Å². The van der Waals surface area contributed by atoms with Crippen LogP contribution in [0.2, 0.25) is 0 Å². The highest BCUT2D eigenvalue weighted by Crippen LogP contribution is 2.46. The van der Waals surface area contributed by atoms with Gasteiger partial charge in [-0.25, -0.2) is 0 Å². The Hall–Kier alpha value is -0.660. The topological polar surface area (TPSA) is 34.1 Å². The number of ketones is 2. The molecular formula is C12H18O2. The number of hydrogen-bond donors (Lipinski definition) is 0. The van der Waals surface area contributed by atoms with Crippen LogP contribution in [0, 0.1) is 11.3 Å². The fraction of sp³-hybridized carbons (Fsp3) is 0.833. The molecule has 0 radical (unpaired) electrons. The smallest absolute Gasteiger partial charge is 0.136 e. The number of rotatable bonds is 0. The molecule has 2 rings (SSSR count). The minimum Gasteiger partial charge on any atom is -0.300 e. The zero-order valence-corrected chi connectivity index (χ0v) is 8.84. The van der Waals surface area contributed by atoms with E-state index in [4.69, 9.17) is 0 Å². The van der Waals surface area contributed by atoms with Gasteiger partial charge in [-0.05, 0) is 31.1 Å². The standard InChI is InChI=1S/C12H18O2/c1-12-7-2-3-11(14)10(12)5-4-9(13)6-8-12/h10H,2-8H2,1H3/t10?,12-/m0/s1. The highest BCUT2D eigenvalue weighted by Gasteiger charge is 2.42. The Labute approximate surface area is 85.1 Å². The zero-order chi connectivity index (χ0) is 10.2. The van der Waals surface area contributed by atoms with Gasteiger partial charge in [0.1, 0.15) is 11.6 Å². The lowest BCUT2D eigenvalue weighted by atomic mass is 9.64. The van der Waals surface area contributed by atoms with Gasteiger partial charge in [0.2, 0.25) is 0 Å². The van der Waals surface area contributed by atoms with Crippen molar-refractivity contribution in [2.45, 2.75) is 51.9 Å². The Kier molecular flexibility index (Phi) is 2.46. The average molecular weight is 194 g/mol.